The highest BCUT2D eigenvalue weighted by Gasteiger charge is 2.38. The SMILES string of the molecule is C[C@H](NC(=O)CN1C(=O)N[C@H](CCc2ccccc2)C1=O)c1ccccc1. The first-order chi connectivity index (χ1) is 13.0. The average Bonchev–Trinajstić information content (AvgIpc) is 2.95. The fourth-order valence-electron chi connectivity index (χ4n) is 3.13. The Labute approximate surface area is 158 Å². The van der Waals surface area contributed by atoms with Crippen LogP contribution in [0.4, 0.5) is 4.79 Å². The van der Waals surface area contributed by atoms with Crippen molar-refractivity contribution >= 4 is 17.8 Å². The number of urea groups is 1. The van der Waals surface area contributed by atoms with Gasteiger partial charge in [0.1, 0.15) is 12.6 Å². The predicted octanol–water partition coefficient (Wildman–Crippen LogP) is 2.42. The Balaban J connectivity index is 1.53. The van der Waals surface area contributed by atoms with Gasteiger partial charge in [0.05, 0.1) is 6.04 Å². The van der Waals surface area contributed by atoms with E-state index in [0.29, 0.717) is 12.8 Å². The molecular formula is C21H23N3O3. The number of amides is 4. The van der Waals surface area contributed by atoms with E-state index in [1.54, 1.807) is 0 Å². The molecule has 0 spiro atoms. The second-order valence-corrected chi connectivity index (χ2v) is 6.65. The molecule has 3 rings (SSSR count). The van der Waals surface area contributed by atoms with Gasteiger partial charge in [-0.3, -0.25) is 14.5 Å². The Morgan fingerprint density at radius 2 is 1.70 bits per heavy atom. The number of hydrogen-bond donors (Lipinski definition) is 2. The van der Waals surface area contributed by atoms with Gasteiger partial charge < -0.3 is 10.6 Å². The largest absolute Gasteiger partial charge is 0.348 e. The third-order valence-electron chi connectivity index (χ3n) is 4.65. The van der Waals surface area contributed by atoms with Crippen molar-refractivity contribution in [2.24, 2.45) is 0 Å². The molecule has 4 amide bonds. The molecule has 0 aromatic heterocycles. The van der Waals surface area contributed by atoms with Crippen molar-refractivity contribution < 1.29 is 14.4 Å². The number of imide groups is 1. The number of aryl methyl sites for hydroxylation is 1. The van der Waals surface area contributed by atoms with Gasteiger partial charge in [-0.15, -0.1) is 0 Å². The summed E-state index contributed by atoms with van der Waals surface area (Å²) in [5.41, 5.74) is 2.07. The minimum Gasteiger partial charge on any atom is -0.348 e. The lowest BCUT2D eigenvalue weighted by Crippen LogP contribution is -2.41. The second kappa shape index (κ2) is 8.49. The summed E-state index contributed by atoms with van der Waals surface area (Å²) in [6, 6.07) is 18.0. The van der Waals surface area contributed by atoms with E-state index in [1.807, 2.05) is 67.6 Å². The van der Waals surface area contributed by atoms with Crippen LogP contribution in [0.25, 0.3) is 0 Å². The van der Waals surface area contributed by atoms with Gasteiger partial charge in [0.15, 0.2) is 0 Å². The summed E-state index contributed by atoms with van der Waals surface area (Å²) in [5, 5.41) is 5.50. The molecule has 1 saturated heterocycles. The second-order valence-electron chi connectivity index (χ2n) is 6.65. The monoisotopic (exact) mass is 365 g/mol. The third kappa shape index (κ3) is 4.73. The fourth-order valence-corrected chi connectivity index (χ4v) is 3.13. The lowest BCUT2D eigenvalue weighted by molar-refractivity contribution is -0.132. The number of nitrogens with one attached hydrogen (secondary N) is 2. The van der Waals surface area contributed by atoms with Crippen molar-refractivity contribution in [2.75, 3.05) is 6.54 Å². The van der Waals surface area contributed by atoms with E-state index < -0.39 is 12.1 Å². The molecule has 27 heavy (non-hydrogen) atoms. The predicted molar refractivity (Wildman–Crippen MR) is 102 cm³/mol. The van der Waals surface area contributed by atoms with Crippen LogP contribution in [0, 0.1) is 0 Å². The van der Waals surface area contributed by atoms with Crippen molar-refractivity contribution in [1.82, 2.24) is 15.5 Å². The molecule has 1 aliphatic heterocycles. The van der Waals surface area contributed by atoms with E-state index in [-0.39, 0.29) is 24.4 Å². The Morgan fingerprint density at radius 1 is 1.07 bits per heavy atom. The number of nitrogens with zero attached hydrogens (tertiary/aromatic N) is 1. The van der Waals surface area contributed by atoms with Crippen molar-refractivity contribution in [3.05, 3.63) is 71.8 Å². The van der Waals surface area contributed by atoms with E-state index >= 15 is 0 Å². The summed E-state index contributed by atoms with van der Waals surface area (Å²) in [5.74, 6) is -0.711. The zero-order valence-corrected chi connectivity index (χ0v) is 15.2. The molecule has 0 aliphatic carbocycles. The third-order valence-corrected chi connectivity index (χ3v) is 4.65. The molecule has 0 radical (unpaired) electrons. The maximum Gasteiger partial charge on any atom is 0.325 e. The van der Waals surface area contributed by atoms with Crippen LogP contribution >= 0.6 is 0 Å². The zero-order valence-electron chi connectivity index (χ0n) is 15.2. The summed E-state index contributed by atoms with van der Waals surface area (Å²) < 4.78 is 0. The highest BCUT2D eigenvalue weighted by atomic mass is 16.2. The molecule has 6 heteroatoms. The topological polar surface area (TPSA) is 78.5 Å². The number of benzene rings is 2. The summed E-state index contributed by atoms with van der Waals surface area (Å²) in [4.78, 5) is 37.9. The average molecular weight is 365 g/mol. The quantitative estimate of drug-likeness (QED) is 0.740. The van der Waals surface area contributed by atoms with Gasteiger partial charge in [0, 0.05) is 0 Å². The summed E-state index contributed by atoms with van der Waals surface area (Å²) in [6.45, 7) is 1.59. The van der Waals surface area contributed by atoms with Crippen LogP contribution < -0.4 is 10.6 Å². The van der Waals surface area contributed by atoms with E-state index in [0.717, 1.165) is 16.0 Å². The molecule has 1 aliphatic rings. The molecule has 2 aromatic carbocycles. The molecule has 1 fully saturated rings. The van der Waals surface area contributed by atoms with Gasteiger partial charge >= 0.3 is 6.03 Å². The highest BCUT2D eigenvalue weighted by molar-refractivity contribution is 6.06. The van der Waals surface area contributed by atoms with Crippen LogP contribution in [0.2, 0.25) is 0 Å². The van der Waals surface area contributed by atoms with Crippen LogP contribution in [-0.4, -0.2) is 35.3 Å². The summed E-state index contributed by atoms with van der Waals surface area (Å²) in [7, 11) is 0. The highest BCUT2D eigenvalue weighted by Crippen LogP contribution is 2.14. The van der Waals surface area contributed by atoms with E-state index in [1.165, 1.54) is 0 Å². The Kier molecular flexibility index (Phi) is 5.86. The first kappa shape index (κ1) is 18.6. The summed E-state index contributed by atoms with van der Waals surface area (Å²) in [6.07, 6.45) is 1.19. The summed E-state index contributed by atoms with van der Waals surface area (Å²) >= 11 is 0. The lowest BCUT2D eigenvalue weighted by Gasteiger charge is -2.17. The molecule has 2 aromatic rings. The fraction of sp³-hybridized carbons (Fsp3) is 0.286. The van der Waals surface area contributed by atoms with E-state index in [2.05, 4.69) is 10.6 Å². The Bertz CT molecular complexity index is 808. The Hall–Kier alpha value is -3.15. The lowest BCUT2D eigenvalue weighted by atomic mass is 10.1. The van der Waals surface area contributed by atoms with Gasteiger partial charge in [-0.25, -0.2) is 4.79 Å². The van der Waals surface area contributed by atoms with Gasteiger partial charge in [0.25, 0.3) is 5.91 Å². The van der Waals surface area contributed by atoms with Crippen molar-refractivity contribution in [3.8, 4) is 0 Å². The number of carbonyl (C=O) groups is 3. The molecule has 1 heterocycles. The number of carbonyl (C=O) groups excluding carboxylic acids is 3. The van der Waals surface area contributed by atoms with Crippen LogP contribution in [0.3, 0.4) is 0 Å². The molecule has 0 saturated carbocycles. The minimum absolute atomic E-state index is 0.201. The molecule has 6 nitrogen and oxygen atoms in total. The minimum atomic E-state index is -0.586. The maximum absolute atomic E-state index is 12.5. The molecular weight excluding hydrogens is 342 g/mol. The van der Waals surface area contributed by atoms with Crippen LogP contribution in [0.15, 0.2) is 60.7 Å². The van der Waals surface area contributed by atoms with Crippen LogP contribution in [0.5, 0.6) is 0 Å². The molecule has 0 unspecified atom stereocenters. The first-order valence-corrected chi connectivity index (χ1v) is 9.04. The van der Waals surface area contributed by atoms with Crippen LogP contribution in [0.1, 0.15) is 30.5 Å². The van der Waals surface area contributed by atoms with Gasteiger partial charge in [-0.2, -0.15) is 0 Å². The standard InChI is InChI=1S/C21H23N3O3/c1-15(17-10-6-3-7-11-17)22-19(25)14-24-20(26)18(23-21(24)27)13-12-16-8-4-2-5-9-16/h2-11,15,18H,12-14H2,1H3,(H,22,25)(H,23,27)/t15-,18+/m0/s1. The number of rotatable bonds is 7. The van der Waals surface area contributed by atoms with Gasteiger partial charge in [-0.1, -0.05) is 60.7 Å². The normalized spacial score (nSPS) is 17.5. The first-order valence-electron chi connectivity index (χ1n) is 9.04. The van der Waals surface area contributed by atoms with Crippen molar-refractivity contribution in [1.29, 1.82) is 0 Å². The van der Waals surface area contributed by atoms with Crippen LogP contribution in [-0.2, 0) is 16.0 Å². The zero-order chi connectivity index (χ0) is 19.2. The van der Waals surface area contributed by atoms with Crippen molar-refractivity contribution in [2.45, 2.75) is 31.8 Å². The smallest absolute Gasteiger partial charge is 0.325 e. The molecule has 140 valence electrons. The molecule has 2 N–H and O–H groups in total. The van der Waals surface area contributed by atoms with E-state index in [9.17, 15) is 14.4 Å². The van der Waals surface area contributed by atoms with Crippen molar-refractivity contribution in [3.63, 3.8) is 0 Å². The Morgan fingerprint density at radius 3 is 2.37 bits per heavy atom. The molecule has 2 atom stereocenters. The number of hydrogen-bond acceptors (Lipinski definition) is 3. The maximum atomic E-state index is 12.5. The van der Waals surface area contributed by atoms with E-state index in [4.69, 9.17) is 0 Å². The molecule has 0 bridgehead atoms. The van der Waals surface area contributed by atoms with Gasteiger partial charge in [0.2, 0.25) is 5.91 Å². The van der Waals surface area contributed by atoms with Gasteiger partial charge in [-0.05, 0) is 30.9 Å².